The zero-order chi connectivity index (χ0) is 13.5. The minimum Gasteiger partial charge on any atom is -0.308 e. The Balaban J connectivity index is 1.74. The van der Waals surface area contributed by atoms with E-state index >= 15 is 0 Å². The molecule has 2 aliphatic carbocycles. The molecule has 4 unspecified atom stereocenters. The van der Waals surface area contributed by atoms with Crippen LogP contribution in [-0.4, -0.2) is 47.1 Å². The summed E-state index contributed by atoms with van der Waals surface area (Å²) in [5.41, 5.74) is 0.400. The van der Waals surface area contributed by atoms with E-state index in [9.17, 15) is 0 Å². The third-order valence-corrected chi connectivity index (χ3v) is 6.97. The van der Waals surface area contributed by atoms with Gasteiger partial charge in [-0.15, -0.1) is 0 Å². The van der Waals surface area contributed by atoms with E-state index in [2.05, 4.69) is 42.1 Å². The summed E-state index contributed by atoms with van der Waals surface area (Å²) >= 11 is 2.11. The highest BCUT2D eigenvalue weighted by Crippen LogP contribution is 2.43. The van der Waals surface area contributed by atoms with Crippen molar-refractivity contribution in [1.29, 1.82) is 0 Å². The molecule has 1 saturated heterocycles. The smallest absolute Gasteiger partial charge is 0.0309 e. The molecule has 0 aromatic heterocycles. The van der Waals surface area contributed by atoms with E-state index in [0.717, 1.165) is 23.3 Å². The second-order valence-electron chi connectivity index (χ2n) is 7.08. The SMILES string of the molecule is CCC1CNC(C)(C2CC2)CN1C1CCCC1SC. The van der Waals surface area contributed by atoms with Gasteiger partial charge in [-0.1, -0.05) is 13.3 Å². The third kappa shape index (κ3) is 2.71. The van der Waals surface area contributed by atoms with Crippen molar-refractivity contribution in [1.82, 2.24) is 10.2 Å². The average molecular weight is 282 g/mol. The van der Waals surface area contributed by atoms with Gasteiger partial charge in [-0.3, -0.25) is 4.90 Å². The molecule has 4 atom stereocenters. The van der Waals surface area contributed by atoms with E-state index in [4.69, 9.17) is 0 Å². The molecule has 110 valence electrons. The monoisotopic (exact) mass is 282 g/mol. The van der Waals surface area contributed by atoms with Crippen molar-refractivity contribution < 1.29 is 0 Å². The van der Waals surface area contributed by atoms with Crippen molar-refractivity contribution in [3.63, 3.8) is 0 Å². The van der Waals surface area contributed by atoms with Gasteiger partial charge in [0.1, 0.15) is 0 Å². The van der Waals surface area contributed by atoms with Crippen molar-refractivity contribution in [3.8, 4) is 0 Å². The largest absolute Gasteiger partial charge is 0.308 e. The summed E-state index contributed by atoms with van der Waals surface area (Å²) in [5.74, 6) is 0.946. The number of thioether (sulfide) groups is 1. The van der Waals surface area contributed by atoms with Gasteiger partial charge in [-0.2, -0.15) is 11.8 Å². The maximum atomic E-state index is 3.90. The fourth-order valence-electron chi connectivity index (χ4n) is 4.35. The quantitative estimate of drug-likeness (QED) is 0.853. The van der Waals surface area contributed by atoms with Gasteiger partial charge in [0.15, 0.2) is 0 Å². The molecular weight excluding hydrogens is 252 g/mol. The van der Waals surface area contributed by atoms with Gasteiger partial charge in [0.05, 0.1) is 0 Å². The molecule has 1 N–H and O–H groups in total. The fourth-order valence-corrected chi connectivity index (χ4v) is 5.36. The Morgan fingerprint density at radius 1 is 1.26 bits per heavy atom. The van der Waals surface area contributed by atoms with Gasteiger partial charge in [0.2, 0.25) is 0 Å². The minimum atomic E-state index is 0.400. The van der Waals surface area contributed by atoms with Gasteiger partial charge in [0.25, 0.3) is 0 Å². The Morgan fingerprint density at radius 3 is 2.68 bits per heavy atom. The third-order valence-electron chi connectivity index (χ3n) is 5.82. The van der Waals surface area contributed by atoms with Crippen LogP contribution in [0.1, 0.15) is 52.4 Å². The highest BCUT2D eigenvalue weighted by Gasteiger charge is 2.48. The van der Waals surface area contributed by atoms with E-state index in [1.807, 2.05) is 0 Å². The summed E-state index contributed by atoms with van der Waals surface area (Å²) in [7, 11) is 0. The van der Waals surface area contributed by atoms with Gasteiger partial charge in [-0.05, 0) is 51.2 Å². The van der Waals surface area contributed by atoms with Gasteiger partial charge in [-0.25, -0.2) is 0 Å². The van der Waals surface area contributed by atoms with Gasteiger partial charge < -0.3 is 5.32 Å². The lowest BCUT2D eigenvalue weighted by molar-refractivity contribution is 0.0402. The van der Waals surface area contributed by atoms with Crippen LogP contribution >= 0.6 is 11.8 Å². The van der Waals surface area contributed by atoms with E-state index in [1.54, 1.807) is 0 Å². The van der Waals surface area contributed by atoms with Crippen LogP contribution in [0.3, 0.4) is 0 Å². The predicted octanol–water partition coefficient (Wildman–Crippen LogP) is 3.12. The maximum absolute atomic E-state index is 3.90. The lowest BCUT2D eigenvalue weighted by Crippen LogP contribution is -2.66. The standard InChI is InChI=1S/C16H30N2S/c1-4-13-10-17-16(2,12-8-9-12)11-18(13)14-6-5-7-15(14)19-3/h12-15,17H,4-11H2,1-3H3. The Labute approximate surface area is 123 Å². The first kappa shape index (κ1) is 14.2. The second kappa shape index (κ2) is 5.57. The van der Waals surface area contributed by atoms with Crippen LogP contribution in [0.15, 0.2) is 0 Å². The highest BCUT2D eigenvalue weighted by atomic mass is 32.2. The van der Waals surface area contributed by atoms with E-state index < -0.39 is 0 Å². The van der Waals surface area contributed by atoms with E-state index in [-0.39, 0.29) is 0 Å². The molecule has 3 heteroatoms. The van der Waals surface area contributed by atoms with Gasteiger partial charge in [0, 0.05) is 36.0 Å². The van der Waals surface area contributed by atoms with Crippen LogP contribution < -0.4 is 5.32 Å². The maximum Gasteiger partial charge on any atom is 0.0309 e. The summed E-state index contributed by atoms with van der Waals surface area (Å²) in [6.07, 6.45) is 10.8. The second-order valence-corrected chi connectivity index (χ2v) is 8.16. The number of piperazine rings is 1. The molecule has 0 amide bonds. The predicted molar refractivity (Wildman–Crippen MR) is 84.9 cm³/mol. The van der Waals surface area contributed by atoms with Crippen LogP contribution in [0, 0.1) is 5.92 Å². The van der Waals surface area contributed by atoms with Crippen LogP contribution in [0.5, 0.6) is 0 Å². The molecular formula is C16H30N2S. The first-order valence-corrected chi connectivity index (χ1v) is 9.50. The lowest BCUT2D eigenvalue weighted by atomic mass is 9.89. The Kier molecular flexibility index (Phi) is 4.17. The first-order valence-electron chi connectivity index (χ1n) is 8.21. The zero-order valence-electron chi connectivity index (χ0n) is 12.8. The summed E-state index contributed by atoms with van der Waals surface area (Å²) in [4.78, 5) is 2.91. The van der Waals surface area contributed by atoms with E-state index in [0.29, 0.717) is 5.54 Å². The molecule has 2 nitrogen and oxygen atoms in total. The average Bonchev–Trinajstić information content (AvgIpc) is 3.18. The Morgan fingerprint density at radius 2 is 2.05 bits per heavy atom. The number of hydrogen-bond acceptors (Lipinski definition) is 3. The number of nitrogens with zero attached hydrogens (tertiary/aromatic N) is 1. The minimum absolute atomic E-state index is 0.400. The molecule has 0 aromatic carbocycles. The lowest BCUT2D eigenvalue weighted by Gasteiger charge is -2.50. The molecule has 3 rings (SSSR count). The number of hydrogen-bond donors (Lipinski definition) is 1. The van der Waals surface area contributed by atoms with Crippen LogP contribution in [0.2, 0.25) is 0 Å². The van der Waals surface area contributed by atoms with Crippen LogP contribution in [0.25, 0.3) is 0 Å². The molecule has 3 aliphatic rings. The summed E-state index contributed by atoms with van der Waals surface area (Å²) in [6, 6.07) is 1.62. The molecule has 1 heterocycles. The van der Waals surface area contributed by atoms with Crippen molar-refractivity contribution in [3.05, 3.63) is 0 Å². The molecule has 1 aliphatic heterocycles. The van der Waals surface area contributed by atoms with Crippen LogP contribution in [-0.2, 0) is 0 Å². The summed E-state index contributed by atoms with van der Waals surface area (Å²) < 4.78 is 0. The summed E-state index contributed by atoms with van der Waals surface area (Å²) in [5, 5.41) is 4.78. The van der Waals surface area contributed by atoms with Crippen molar-refractivity contribution in [2.24, 2.45) is 5.92 Å². The summed E-state index contributed by atoms with van der Waals surface area (Å²) in [6.45, 7) is 7.34. The molecule has 2 saturated carbocycles. The zero-order valence-corrected chi connectivity index (χ0v) is 13.6. The van der Waals surface area contributed by atoms with Crippen molar-refractivity contribution in [2.45, 2.75) is 75.2 Å². The molecule has 0 aromatic rings. The van der Waals surface area contributed by atoms with E-state index in [1.165, 1.54) is 51.6 Å². The van der Waals surface area contributed by atoms with Crippen molar-refractivity contribution >= 4 is 11.8 Å². The number of nitrogens with one attached hydrogen (secondary N) is 1. The van der Waals surface area contributed by atoms with Gasteiger partial charge >= 0.3 is 0 Å². The van der Waals surface area contributed by atoms with Crippen molar-refractivity contribution in [2.75, 3.05) is 19.3 Å². The highest BCUT2D eigenvalue weighted by molar-refractivity contribution is 7.99. The molecule has 0 bridgehead atoms. The molecule has 19 heavy (non-hydrogen) atoms. The molecule has 3 fully saturated rings. The molecule has 0 radical (unpaired) electrons. The Hall–Kier alpha value is 0.270. The number of rotatable bonds is 4. The Bertz CT molecular complexity index is 318. The fraction of sp³-hybridized carbons (Fsp3) is 1.00. The topological polar surface area (TPSA) is 15.3 Å². The normalized spacial score (nSPS) is 44.7. The first-order chi connectivity index (χ1) is 9.18. The molecule has 0 spiro atoms. The van der Waals surface area contributed by atoms with Crippen LogP contribution in [0.4, 0.5) is 0 Å².